The van der Waals surface area contributed by atoms with Crippen LogP contribution in [0.3, 0.4) is 0 Å². The van der Waals surface area contributed by atoms with Gasteiger partial charge >= 0.3 is 0 Å². The molecule has 0 aliphatic carbocycles. The third kappa shape index (κ3) is 3.46. The van der Waals surface area contributed by atoms with Crippen molar-refractivity contribution in [2.75, 3.05) is 19.0 Å². The Labute approximate surface area is 137 Å². The lowest BCUT2D eigenvalue weighted by molar-refractivity contribution is 0.400. The highest BCUT2D eigenvalue weighted by Crippen LogP contribution is 2.34. The summed E-state index contributed by atoms with van der Waals surface area (Å²) in [5, 5.41) is 12.8. The molecule has 1 aliphatic heterocycles. The Morgan fingerprint density at radius 3 is 2.48 bits per heavy atom. The summed E-state index contributed by atoms with van der Waals surface area (Å²) >= 11 is 0. The molecule has 2 aromatic carbocycles. The maximum absolute atomic E-state index is 9.50. The summed E-state index contributed by atoms with van der Waals surface area (Å²) < 4.78 is 5.16. The summed E-state index contributed by atoms with van der Waals surface area (Å²) in [6.07, 6.45) is 0. The van der Waals surface area contributed by atoms with Gasteiger partial charge in [-0.15, -0.1) is 0 Å². The maximum Gasteiger partial charge on any atom is 0.131 e. The number of ether oxygens (including phenoxy) is 1. The number of nitrogens with one attached hydrogen (secondary N) is 1. The number of benzene rings is 2. The highest BCUT2D eigenvalue weighted by Gasteiger charge is 2.44. The molecule has 4 nitrogen and oxygen atoms in total. The van der Waals surface area contributed by atoms with Crippen molar-refractivity contribution in [2.24, 2.45) is 0 Å². The van der Waals surface area contributed by atoms with Crippen LogP contribution in [0.1, 0.15) is 18.5 Å². The van der Waals surface area contributed by atoms with Crippen molar-refractivity contribution in [3.63, 3.8) is 0 Å². The van der Waals surface area contributed by atoms with E-state index in [-0.39, 0.29) is 12.1 Å². The van der Waals surface area contributed by atoms with Crippen molar-refractivity contribution >= 4 is 5.69 Å². The molecule has 0 radical (unpaired) electrons. The second-order valence-electron chi connectivity index (χ2n) is 5.83. The Morgan fingerprint density at radius 2 is 1.87 bits per heavy atom. The zero-order valence-corrected chi connectivity index (χ0v) is 13.4. The van der Waals surface area contributed by atoms with Crippen LogP contribution in [-0.2, 0) is 0 Å². The molecule has 2 aromatic rings. The van der Waals surface area contributed by atoms with Crippen LogP contribution in [0.25, 0.3) is 0 Å². The highest BCUT2D eigenvalue weighted by molar-refractivity contribution is 5.49. The minimum absolute atomic E-state index is 0.213. The largest absolute Gasteiger partial charge is 0.497 e. The Kier molecular flexibility index (Phi) is 4.50. The van der Waals surface area contributed by atoms with Crippen molar-refractivity contribution in [1.82, 2.24) is 4.90 Å². The summed E-state index contributed by atoms with van der Waals surface area (Å²) in [5.41, 5.74) is 2.23. The van der Waals surface area contributed by atoms with E-state index in [4.69, 9.17) is 4.74 Å². The molecule has 0 spiro atoms. The van der Waals surface area contributed by atoms with Crippen molar-refractivity contribution in [3.05, 3.63) is 60.2 Å². The van der Waals surface area contributed by atoms with Gasteiger partial charge in [0.25, 0.3) is 0 Å². The summed E-state index contributed by atoms with van der Waals surface area (Å²) in [7, 11) is 1.65. The van der Waals surface area contributed by atoms with E-state index in [9.17, 15) is 5.26 Å². The van der Waals surface area contributed by atoms with Crippen molar-refractivity contribution in [1.29, 1.82) is 5.26 Å². The standard InChI is InChI=1S/C19H21N3O/c1-14(15-6-4-3-5-7-15)22-13-19(22)18(12-20)21-16-8-10-17(23-2)11-9-16/h3-11,14,18-19,21H,13H2,1-2H3/t14-,18-,19-,22?/m1/s1. The number of methoxy groups -OCH3 is 1. The summed E-state index contributed by atoms with van der Waals surface area (Å²) in [4.78, 5) is 2.35. The van der Waals surface area contributed by atoms with E-state index in [1.165, 1.54) is 5.56 Å². The molecule has 4 atom stereocenters. The van der Waals surface area contributed by atoms with Gasteiger partial charge in [-0.1, -0.05) is 30.3 Å². The van der Waals surface area contributed by atoms with E-state index in [0.29, 0.717) is 6.04 Å². The van der Waals surface area contributed by atoms with Gasteiger partial charge in [0.05, 0.1) is 19.2 Å². The molecule has 0 amide bonds. The first kappa shape index (κ1) is 15.4. The molecule has 0 saturated carbocycles. The van der Waals surface area contributed by atoms with Gasteiger partial charge in [-0.3, -0.25) is 4.90 Å². The molecule has 1 fully saturated rings. The van der Waals surface area contributed by atoms with E-state index in [1.807, 2.05) is 30.3 Å². The average molecular weight is 307 g/mol. The first-order valence-electron chi connectivity index (χ1n) is 7.84. The summed E-state index contributed by atoms with van der Waals surface area (Å²) in [6.45, 7) is 3.13. The van der Waals surface area contributed by atoms with Gasteiger partial charge < -0.3 is 10.1 Å². The molecule has 0 aromatic heterocycles. The fraction of sp³-hybridized carbons (Fsp3) is 0.316. The lowest BCUT2D eigenvalue weighted by atomic mass is 10.1. The smallest absolute Gasteiger partial charge is 0.131 e. The summed E-state index contributed by atoms with van der Waals surface area (Å²) in [5.74, 6) is 0.815. The van der Waals surface area contributed by atoms with Crippen LogP contribution in [0.5, 0.6) is 5.75 Å². The molecule has 4 heteroatoms. The molecule has 1 saturated heterocycles. The van der Waals surface area contributed by atoms with Gasteiger partial charge in [0.15, 0.2) is 0 Å². The van der Waals surface area contributed by atoms with E-state index in [2.05, 4.69) is 47.5 Å². The molecule has 1 unspecified atom stereocenters. The Morgan fingerprint density at radius 1 is 1.17 bits per heavy atom. The predicted molar refractivity (Wildman–Crippen MR) is 91.4 cm³/mol. The second kappa shape index (κ2) is 6.72. The number of hydrogen-bond acceptors (Lipinski definition) is 4. The Bertz CT molecular complexity index is 678. The zero-order valence-electron chi connectivity index (χ0n) is 13.4. The van der Waals surface area contributed by atoms with E-state index >= 15 is 0 Å². The van der Waals surface area contributed by atoms with E-state index in [1.54, 1.807) is 7.11 Å². The molecule has 23 heavy (non-hydrogen) atoms. The third-order valence-electron chi connectivity index (χ3n) is 4.41. The van der Waals surface area contributed by atoms with Crippen LogP contribution in [0.4, 0.5) is 5.69 Å². The molecule has 118 valence electrons. The predicted octanol–water partition coefficient (Wildman–Crippen LogP) is 3.44. The van der Waals surface area contributed by atoms with Gasteiger partial charge in [-0.2, -0.15) is 5.26 Å². The van der Waals surface area contributed by atoms with Crippen LogP contribution in [0, 0.1) is 11.3 Å². The van der Waals surface area contributed by atoms with Gasteiger partial charge in [0.2, 0.25) is 0 Å². The van der Waals surface area contributed by atoms with Crippen LogP contribution >= 0.6 is 0 Å². The molecule has 3 rings (SSSR count). The summed E-state index contributed by atoms with van der Waals surface area (Å²) in [6, 6.07) is 20.8. The Balaban J connectivity index is 1.63. The quantitative estimate of drug-likeness (QED) is 0.831. The molecule has 1 N–H and O–H groups in total. The number of nitriles is 1. The average Bonchev–Trinajstić information content (AvgIpc) is 3.41. The second-order valence-corrected chi connectivity index (χ2v) is 5.83. The Hall–Kier alpha value is -2.51. The van der Waals surface area contributed by atoms with Crippen molar-refractivity contribution in [3.8, 4) is 11.8 Å². The zero-order chi connectivity index (χ0) is 16.2. The third-order valence-corrected chi connectivity index (χ3v) is 4.41. The van der Waals surface area contributed by atoms with Gasteiger partial charge in [0.1, 0.15) is 11.8 Å². The van der Waals surface area contributed by atoms with Crippen LogP contribution in [-0.4, -0.2) is 30.6 Å². The number of rotatable bonds is 6. The molecule has 1 heterocycles. The van der Waals surface area contributed by atoms with Crippen LogP contribution in [0.2, 0.25) is 0 Å². The molecule has 0 bridgehead atoms. The first-order valence-corrected chi connectivity index (χ1v) is 7.84. The first-order chi connectivity index (χ1) is 11.2. The molecular formula is C19H21N3O. The van der Waals surface area contributed by atoms with Crippen molar-refractivity contribution in [2.45, 2.75) is 25.0 Å². The number of anilines is 1. The lowest BCUT2D eigenvalue weighted by Crippen LogP contribution is -2.27. The minimum atomic E-state index is -0.213. The van der Waals surface area contributed by atoms with E-state index in [0.717, 1.165) is 18.0 Å². The minimum Gasteiger partial charge on any atom is -0.497 e. The van der Waals surface area contributed by atoms with Crippen LogP contribution in [0.15, 0.2) is 54.6 Å². The normalized spacial score (nSPS) is 21.8. The fourth-order valence-corrected chi connectivity index (χ4v) is 2.92. The lowest BCUT2D eigenvalue weighted by Gasteiger charge is -2.18. The van der Waals surface area contributed by atoms with Gasteiger partial charge in [-0.25, -0.2) is 0 Å². The maximum atomic E-state index is 9.50. The number of nitrogens with zero attached hydrogens (tertiary/aromatic N) is 2. The van der Waals surface area contributed by atoms with Gasteiger partial charge in [-0.05, 0) is 36.8 Å². The fourth-order valence-electron chi connectivity index (χ4n) is 2.92. The topological polar surface area (TPSA) is 48.1 Å². The monoisotopic (exact) mass is 307 g/mol. The SMILES string of the molecule is COc1ccc(N[C@H](C#N)[C@H]2CN2[C@H](C)c2ccccc2)cc1. The highest BCUT2D eigenvalue weighted by atomic mass is 16.5. The molecule has 1 aliphatic rings. The van der Waals surface area contributed by atoms with E-state index < -0.39 is 0 Å². The number of hydrogen-bond donors (Lipinski definition) is 1. The van der Waals surface area contributed by atoms with Crippen molar-refractivity contribution < 1.29 is 4.74 Å². The van der Waals surface area contributed by atoms with Gasteiger partial charge in [0, 0.05) is 18.3 Å². The molecular weight excluding hydrogens is 286 g/mol. The van der Waals surface area contributed by atoms with Crippen LogP contribution < -0.4 is 10.1 Å².